The molecule has 1 aliphatic carbocycles. The normalized spacial score (nSPS) is 22.3. The van der Waals surface area contributed by atoms with E-state index in [0.29, 0.717) is 17.7 Å². The van der Waals surface area contributed by atoms with Gasteiger partial charge >= 0.3 is 0 Å². The number of hydrogen-bond donors (Lipinski definition) is 2. The molecule has 1 aromatic rings. The minimum absolute atomic E-state index is 0.0168. The standard InChI is InChI=1S/C14H19N3O3/c1-9-12(6-3-7-13(9)17(19)20)16-14(18)10-4-2-5-11(15)8-10/h3,6-7,10-11H,2,4-5,8,15H2,1H3,(H,16,18). The molecular formula is C14H19N3O3. The lowest BCUT2D eigenvalue weighted by molar-refractivity contribution is -0.385. The van der Waals surface area contributed by atoms with Crippen LogP contribution in [0.5, 0.6) is 0 Å². The quantitative estimate of drug-likeness (QED) is 0.654. The third kappa shape index (κ3) is 3.14. The summed E-state index contributed by atoms with van der Waals surface area (Å²) < 4.78 is 0. The van der Waals surface area contributed by atoms with Gasteiger partial charge in [0.1, 0.15) is 0 Å². The van der Waals surface area contributed by atoms with Crippen molar-refractivity contribution < 1.29 is 9.72 Å². The molecule has 2 atom stereocenters. The molecular weight excluding hydrogens is 258 g/mol. The zero-order valence-electron chi connectivity index (χ0n) is 11.5. The van der Waals surface area contributed by atoms with Gasteiger partial charge < -0.3 is 11.1 Å². The van der Waals surface area contributed by atoms with Crippen LogP contribution in [0.1, 0.15) is 31.2 Å². The largest absolute Gasteiger partial charge is 0.328 e. The number of nitrogens with zero attached hydrogens (tertiary/aromatic N) is 1. The first-order valence-electron chi connectivity index (χ1n) is 6.79. The average Bonchev–Trinajstić information content (AvgIpc) is 2.40. The van der Waals surface area contributed by atoms with Crippen molar-refractivity contribution >= 4 is 17.3 Å². The molecule has 0 saturated heterocycles. The van der Waals surface area contributed by atoms with Gasteiger partial charge in [-0.25, -0.2) is 0 Å². The summed E-state index contributed by atoms with van der Waals surface area (Å²) in [5.74, 6) is -0.193. The zero-order valence-corrected chi connectivity index (χ0v) is 11.5. The Morgan fingerprint density at radius 1 is 1.45 bits per heavy atom. The molecule has 0 spiro atoms. The van der Waals surface area contributed by atoms with Gasteiger partial charge in [-0.05, 0) is 32.3 Å². The van der Waals surface area contributed by atoms with Gasteiger partial charge in [0.05, 0.1) is 16.2 Å². The summed E-state index contributed by atoms with van der Waals surface area (Å²) in [7, 11) is 0. The smallest absolute Gasteiger partial charge is 0.274 e. The van der Waals surface area contributed by atoms with Crippen LogP contribution < -0.4 is 11.1 Å². The highest BCUT2D eigenvalue weighted by Crippen LogP contribution is 2.28. The zero-order chi connectivity index (χ0) is 14.7. The fraction of sp³-hybridized carbons (Fsp3) is 0.500. The second-order valence-corrected chi connectivity index (χ2v) is 5.32. The van der Waals surface area contributed by atoms with Crippen molar-refractivity contribution in [2.45, 2.75) is 38.6 Å². The molecule has 6 nitrogen and oxygen atoms in total. The van der Waals surface area contributed by atoms with Gasteiger partial charge in [-0.3, -0.25) is 14.9 Å². The van der Waals surface area contributed by atoms with Crippen molar-refractivity contribution in [3.05, 3.63) is 33.9 Å². The Balaban J connectivity index is 2.11. The Kier molecular flexibility index (Phi) is 4.34. The second-order valence-electron chi connectivity index (χ2n) is 5.32. The molecule has 0 aromatic heterocycles. The number of benzene rings is 1. The number of carbonyl (C=O) groups is 1. The third-order valence-corrected chi connectivity index (χ3v) is 3.85. The van der Waals surface area contributed by atoms with Crippen LogP contribution in [0, 0.1) is 23.0 Å². The van der Waals surface area contributed by atoms with Gasteiger partial charge in [0.15, 0.2) is 0 Å². The van der Waals surface area contributed by atoms with Crippen LogP contribution in [-0.2, 0) is 4.79 Å². The van der Waals surface area contributed by atoms with Gasteiger partial charge in [-0.15, -0.1) is 0 Å². The van der Waals surface area contributed by atoms with Crippen LogP contribution in [-0.4, -0.2) is 16.9 Å². The van der Waals surface area contributed by atoms with E-state index in [-0.39, 0.29) is 23.6 Å². The first-order valence-corrected chi connectivity index (χ1v) is 6.79. The molecule has 0 aliphatic heterocycles. The number of anilines is 1. The van der Waals surface area contributed by atoms with Crippen molar-refractivity contribution in [3.63, 3.8) is 0 Å². The number of nitrogens with two attached hydrogens (primary N) is 1. The van der Waals surface area contributed by atoms with E-state index >= 15 is 0 Å². The highest BCUT2D eigenvalue weighted by molar-refractivity contribution is 5.93. The molecule has 3 N–H and O–H groups in total. The summed E-state index contributed by atoms with van der Waals surface area (Å²) in [6.07, 6.45) is 3.42. The van der Waals surface area contributed by atoms with Crippen LogP contribution in [0.2, 0.25) is 0 Å². The topological polar surface area (TPSA) is 98.3 Å². The lowest BCUT2D eigenvalue weighted by Crippen LogP contribution is -2.34. The number of nitro groups is 1. The average molecular weight is 277 g/mol. The maximum Gasteiger partial charge on any atom is 0.274 e. The van der Waals surface area contributed by atoms with Gasteiger partial charge in [0.2, 0.25) is 5.91 Å². The summed E-state index contributed by atoms with van der Waals surface area (Å²) >= 11 is 0. The molecule has 1 amide bonds. The third-order valence-electron chi connectivity index (χ3n) is 3.85. The first-order chi connectivity index (χ1) is 9.49. The minimum atomic E-state index is -0.443. The van der Waals surface area contributed by atoms with E-state index in [9.17, 15) is 14.9 Å². The van der Waals surface area contributed by atoms with Crippen LogP contribution >= 0.6 is 0 Å². The Labute approximate surface area is 117 Å². The van der Waals surface area contributed by atoms with Crippen molar-refractivity contribution in [1.29, 1.82) is 0 Å². The second kappa shape index (κ2) is 6.00. The Bertz CT molecular complexity index is 530. The van der Waals surface area contributed by atoms with Gasteiger partial charge in [-0.2, -0.15) is 0 Å². The van der Waals surface area contributed by atoms with Crippen molar-refractivity contribution in [2.75, 3.05) is 5.32 Å². The molecule has 6 heteroatoms. The highest BCUT2D eigenvalue weighted by Gasteiger charge is 2.26. The molecule has 0 bridgehead atoms. The predicted octanol–water partition coefficient (Wildman–Crippen LogP) is 2.36. The van der Waals surface area contributed by atoms with E-state index < -0.39 is 4.92 Å². The summed E-state index contributed by atoms with van der Waals surface area (Å²) in [5, 5.41) is 13.7. The van der Waals surface area contributed by atoms with E-state index in [0.717, 1.165) is 19.3 Å². The van der Waals surface area contributed by atoms with Crippen molar-refractivity contribution in [2.24, 2.45) is 11.7 Å². The maximum absolute atomic E-state index is 12.2. The van der Waals surface area contributed by atoms with Crippen LogP contribution in [0.4, 0.5) is 11.4 Å². The van der Waals surface area contributed by atoms with E-state index in [1.807, 2.05) is 0 Å². The number of rotatable bonds is 3. The van der Waals surface area contributed by atoms with Crippen molar-refractivity contribution in [3.8, 4) is 0 Å². The maximum atomic E-state index is 12.2. The molecule has 0 heterocycles. The highest BCUT2D eigenvalue weighted by atomic mass is 16.6. The molecule has 108 valence electrons. The molecule has 1 saturated carbocycles. The van der Waals surface area contributed by atoms with Gasteiger partial charge in [0, 0.05) is 18.0 Å². The number of amides is 1. The van der Waals surface area contributed by atoms with Crippen LogP contribution in [0.15, 0.2) is 18.2 Å². The summed E-state index contributed by atoms with van der Waals surface area (Å²) in [6.45, 7) is 1.64. The van der Waals surface area contributed by atoms with Gasteiger partial charge in [-0.1, -0.05) is 12.5 Å². The minimum Gasteiger partial charge on any atom is -0.328 e. The Hall–Kier alpha value is -1.95. The molecule has 0 radical (unpaired) electrons. The van der Waals surface area contributed by atoms with Crippen LogP contribution in [0.25, 0.3) is 0 Å². The summed E-state index contributed by atoms with van der Waals surface area (Å²) in [6, 6.07) is 4.77. The van der Waals surface area contributed by atoms with E-state index in [4.69, 9.17) is 5.73 Å². The lowest BCUT2D eigenvalue weighted by Gasteiger charge is -2.25. The Morgan fingerprint density at radius 2 is 2.20 bits per heavy atom. The van der Waals surface area contributed by atoms with Gasteiger partial charge in [0.25, 0.3) is 5.69 Å². The molecule has 2 rings (SSSR count). The number of nitro benzene ring substituents is 1. The molecule has 2 unspecified atom stereocenters. The number of nitrogens with one attached hydrogen (secondary N) is 1. The number of carbonyl (C=O) groups excluding carboxylic acids is 1. The monoisotopic (exact) mass is 277 g/mol. The van der Waals surface area contributed by atoms with E-state index in [1.54, 1.807) is 19.1 Å². The lowest BCUT2D eigenvalue weighted by atomic mass is 9.85. The van der Waals surface area contributed by atoms with E-state index in [2.05, 4.69) is 5.32 Å². The molecule has 1 aliphatic rings. The molecule has 1 fully saturated rings. The fourth-order valence-corrected chi connectivity index (χ4v) is 2.66. The predicted molar refractivity (Wildman–Crippen MR) is 76.4 cm³/mol. The van der Waals surface area contributed by atoms with Crippen molar-refractivity contribution in [1.82, 2.24) is 0 Å². The fourth-order valence-electron chi connectivity index (χ4n) is 2.66. The summed E-state index contributed by atoms with van der Waals surface area (Å²) in [4.78, 5) is 22.6. The first kappa shape index (κ1) is 14.5. The Morgan fingerprint density at radius 3 is 2.85 bits per heavy atom. The SMILES string of the molecule is Cc1c(NC(=O)C2CCCC(N)C2)cccc1[N+](=O)[O-]. The number of hydrogen-bond acceptors (Lipinski definition) is 4. The molecule has 20 heavy (non-hydrogen) atoms. The summed E-state index contributed by atoms with van der Waals surface area (Å²) in [5.41, 5.74) is 6.88. The van der Waals surface area contributed by atoms with E-state index in [1.165, 1.54) is 6.07 Å². The molecule has 1 aromatic carbocycles. The van der Waals surface area contributed by atoms with Crippen LogP contribution in [0.3, 0.4) is 0 Å².